The second kappa shape index (κ2) is 8.55. The maximum Gasteiger partial charge on any atom is 0.305 e. The molecule has 0 saturated carbocycles. The second-order valence-corrected chi connectivity index (χ2v) is 3.08. The van der Waals surface area contributed by atoms with Crippen LogP contribution in [0.3, 0.4) is 0 Å². The summed E-state index contributed by atoms with van der Waals surface area (Å²) in [4.78, 5) is 33.1. The van der Waals surface area contributed by atoms with E-state index >= 15 is 0 Å². The summed E-state index contributed by atoms with van der Waals surface area (Å²) in [6.45, 7) is -1.70. The standard InChI is InChI=1S/C11H18O6/c1-4-5-11(14)16-7-10(17-9(3)13)6-15-8(2)12/h10H,4-7H2,1-3H3/i1D,2D,3D. The molecule has 0 saturated heterocycles. The van der Waals surface area contributed by atoms with Gasteiger partial charge in [-0.3, -0.25) is 14.4 Å². The Morgan fingerprint density at radius 3 is 2.47 bits per heavy atom. The molecule has 1 unspecified atom stereocenters. The lowest BCUT2D eigenvalue weighted by Crippen LogP contribution is -2.29. The van der Waals surface area contributed by atoms with Crippen LogP contribution in [0.2, 0.25) is 0 Å². The molecule has 0 rings (SSSR count). The van der Waals surface area contributed by atoms with E-state index in [9.17, 15) is 14.4 Å². The zero-order chi connectivity index (χ0) is 15.4. The lowest BCUT2D eigenvalue weighted by atomic mass is 10.3. The summed E-state index contributed by atoms with van der Waals surface area (Å²) in [6.07, 6.45) is -0.554. The zero-order valence-corrected chi connectivity index (χ0v) is 9.48. The second-order valence-electron chi connectivity index (χ2n) is 3.08. The van der Waals surface area contributed by atoms with E-state index in [-0.39, 0.29) is 26.5 Å². The van der Waals surface area contributed by atoms with Crippen LogP contribution in [0.5, 0.6) is 0 Å². The molecule has 0 aliphatic heterocycles. The predicted molar refractivity (Wildman–Crippen MR) is 58.1 cm³/mol. The summed E-state index contributed by atoms with van der Waals surface area (Å²) in [6, 6.07) is 0. The number of carbonyl (C=O) groups excluding carboxylic acids is 3. The van der Waals surface area contributed by atoms with E-state index in [1.165, 1.54) is 0 Å². The van der Waals surface area contributed by atoms with Gasteiger partial charge in [0.05, 0.1) is 0 Å². The monoisotopic (exact) mass is 249 g/mol. The van der Waals surface area contributed by atoms with Crippen molar-refractivity contribution in [1.29, 1.82) is 0 Å². The Hall–Kier alpha value is -1.59. The first-order valence-electron chi connectivity index (χ1n) is 7.04. The normalized spacial score (nSPS) is 13.8. The molecule has 6 heteroatoms. The van der Waals surface area contributed by atoms with Crippen molar-refractivity contribution in [3.8, 4) is 0 Å². The van der Waals surface area contributed by atoms with Gasteiger partial charge in [0.25, 0.3) is 0 Å². The van der Waals surface area contributed by atoms with E-state index in [0.717, 1.165) is 0 Å². The molecule has 0 bridgehead atoms. The van der Waals surface area contributed by atoms with Crippen LogP contribution < -0.4 is 0 Å². The molecule has 17 heavy (non-hydrogen) atoms. The average molecular weight is 249 g/mol. The third kappa shape index (κ3) is 9.35. The van der Waals surface area contributed by atoms with Crippen LogP contribution in [0, 0.1) is 0 Å². The summed E-state index contributed by atoms with van der Waals surface area (Å²) in [7, 11) is 0. The van der Waals surface area contributed by atoms with E-state index < -0.39 is 37.8 Å². The largest absolute Gasteiger partial charge is 0.462 e. The summed E-state index contributed by atoms with van der Waals surface area (Å²) >= 11 is 0. The molecular formula is C11H18O6. The van der Waals surface area contributed by atoms with Crippen molar-refractivity contribution in [3.63, 3.8) is 0 Å². The van der Waals surface area contributed by atoms with Crippen LogP contribution in [0.1, 0.15) is 37.7 Å². The molecule has 0 aromatic carbocycles. The van der Waals surface area contributed by atoms with Crippen LogP contribution >= 0.6 is 0 Å². The third-order valence-corrected chi connectivity index (χ3v) is 1.54. The number of esters is 3. The van der Waals surface area contributed by atoms with E-state index in [2.05, 4.69) is 4.74 Å². The fraction of sp³-hybridized carbons (Fsp3) is 0.727. The Kier molecular flexibility index (Phi) is 5.31. The SMILES string of the molecule is [2H]CCCC(=O)OCC(COC(=O)C[2H])OC(=O)C[2H]. The summed E-state index contributed by atoms with van der Waals surface area (Å²) in [5.74, 6) is -2.17. The van der Waals surface area contributed by atoms with Gasteiger partial charge < -0.3 is 14.2 Å². The van der Waals surface area contributed by atoms with E-state index in [4.69, 9.17) is 13.6 Å². The fourth-order valence-electron chi connectivity index (χ4n) is 0.890. The van der Waals surface area contributed by atoms with Gasteiger partial charge in [-0.1, -0.05) is 6.90 Å². The predicted octanol–water partition coefficient (Wildman–Crippen LogP) is 0.825. The number of ether oxygens (including phenoxy) is 3. The summed E-state index contributed by atoms with van der Waals surface area (Å²) < 4.78 is 34.7. The van der Waals surface area contributed by atoms with Crippen molar-refractivity contribution >= 4 is 17.9 Å². The first-order valence-corrected chi connectivity index (χ1v) is 4.91. The first-order chi connectivity index (χ1) is 9.53. The Labute approximate surface area is 104 Å². The van der Waals surface area contributed by atoms with Crippen molar-refractivity contribution in [2.75, 3.05) is 13.2 Å². The summed E-state index contributed by atoms with van der Waals surface area (Å²) in [5.41, 5.74) is 0. The van der Waals surface area contributed by atoms with Crippen molar-refractivity contribution in [3.05, 3.63) is 0 Å². The van der Waals surface area contributed by atoms with E-state index in [1.807, 2.05) is 0 Å². The van der Waals surface area contributed by atoms with Gasteiger partial charge >= 0.3 is 17.9 Å². The Morgan fingerprint density at radius 2 is 1.82 bits per heavy atom. The molecule has 0 heterocycles. The number of hydrogen-bond donors (Lipinski definition) is 0. The average Bonchev–Trinajstić information content (AvgIpc) is 2.46. The van der Waals surface area contributed by atoms with Crippen molar-refractivity contribution in [2.24, 2.45) is 0 Å². The highest BCUT2D eigenvalue weighted by atomic mass is 16.6. The molecule has 0 aromatic rings. The molecular weight excluding hydrogens is 228 g/mol. The topological polar surface area (TPSA) is 78.9 Å². The van der Waals surface area contributed by atoms with Gasteiger partial charge in [0, 0.05) is 24.3 Å². The van der Waals surface area contributed by atoms with Gasteiger partial charge in [0.2, 0.25) is 0 Å². The molecule has 0 radical (unpaired) electrons. The van der Waals surface area contributed by atoms with Crippen molar-refractivity contribution in [2.45, 2.75) is 39.6 Å². The smallest absolute Gasteiger partial charge is 0.305 e. The molecule has 0 amide bonds. The van der Waals surface area contributed by atoms with Gasteiger partial charge in [0.1, 0.15) is 13.2 Å². The molecule has 0 aliphatic rings. The Morgan fingerprint density at radius 1 is 1.12 bits per heavy atom. The molecule has 0 spiro atoms. The molecule has 0 fully saturated rings. The van der Waals surface area contributed by atoms with E-state index in [0.29, 0.717) is 6.42 Å². The van der Waals surface area contributed by atoms with Crippen molar-refractivity contribution in [1.82, 2.24) is 0 Å². The van der Waals surface area contributed by atoms with Gasteiger partial charge in [0.15, 0.2) is 6.10 Å². The minimum atomic E-state index is -0.997. The van der Waals surface area contributed by atoms with Gasteiger partial charge in [-0.15, -0.1) is 0 Å². The van der Waals surface area contributed by atoms with Crippen LogP contribution in [0.15, 0.2) is 0 Å². The van der Waals surface area contributed by atoms with Gasteiger partial charge in [-0.25, -0.2) is 0 Å². The molecule has 6 nitrogen and oxygen atoms in total. The molecule has 0 N–H and O–H groups in total. The van der Waals surface area contributed by atoms with Crippen LogP contribution in [0.4, 0.5) is 0 Å². The molecule has 1 atom stereocenters. The van der Waals surface area contributed by atoms with E-state index in [1.54, 1.807) is 0 Å². The highest BCUT2D eigenvalue weighted by molar-refractivity contribution is 5.69. The van der Waals surface area contributed by atoms with Crippen LogP contribution in [-0.4, -0.2) is 37.2 Å². The van der Waals surface area contributed by atoms with Crippen LogP contribution in [0.25, 0.3) is 0 Å². The lowest BCUT2D eigenvalue weighted by molar-refractivity contribution is -0.164. The van der Waals surface area contributed by atoms with Crippen LogP contribution in [-0.2, 0) is 28.6 Å². The Balaban J connectivity index is 4.19. The summed E-state index contributed by atoms with van der Waals surface area (Å²) in [5, 5.41) is 0. The van der Waals surface area contributed by atoms with Gasteiger partial charge in [-0.2, -0.15) is 0 Å². The number of hydrogen-bond acceptors (Lipinski definition) is 6. The van der Waals surface area contributed by atoms with Crippen molar-refractivity contribution < 1.29 is 32.7 Å². The first kappa shape index (κ1) is 10.6. The lowest BCUT2D eigenvalue weighted by Gasteiger charge is -2.16. The maximum absolute atomic E-state index is 11.2. The number of rotatable bonds is 7. The van der Waals surface area contributed by atoms with Gasteiger partial charge in [-0.05, 0) is 6.42 Å². The fourth-order valence-corrected chi connectivity index (χ4v) is 0.890. The molecule has 0 aliphatic carbocycles. The molecule has 0 aromatic heterocycles. The molecule has 98 valence electrons. The third-order valence-electron chi connectivity index (χ3n) is 1.54. The zero-order valence-electron chi connectivity index (χ0n) is 12.5. The maximum atomic E-state index is 11.2. The number of carbonyl (C=O) groups is 3. The highest BCUT2D eigenvalue weighted by Gasteiger charge is 2.16. The quantitative estimate of drug-likeness (QED) is 0.491. The minimum Gasteiger partial charge on any atom is -0.462 e. The minimum absolute atomic E-state index is 0.0785. The Bertz CT molecular complexity index is 323. The highest BCUT2D eigenvalue weighted by Crippen LogP contribution is 1.99.